The standard InChI is InChI=1S/C14H16N2O2.H2O/c1-7-9(3-5-11(17)13(7)15)10-4-6-12(18)14(16)8(10)2;/h3-6,17-18H,15-16H2,1-2H3;1H2. The summed E-state index contributed by atoms with van der Waals surface area (Å²) in [5.74, 6) is 0.140. The van der Waals surface area contributed by atoms with Crippen molar-refractivity contribution < 1.29 is 15.7 Å². The molecule has 0 saturated carbocycles. The highest BCUT2D eigenvalue weighted by Crippen LogP contribution is 2.38. The first-order valence-electron chi connectivity index (χ1n) is 5.60. The number of aromatic hydroxyl groups is 2. The van der Waals surface area contributed by atoms with Crippen LogP contribution in [0.5, 0.6) is 11.5 Å². The average molecular weight is 262 g/mol. The van der Waals surface area contributed by atoms with Crippen molar-refractivity contribution in [2.45, 2.75) is 13.8 Å². The van der Waals surface area contributed by atoms with Crippen LogP contribution in [0, 0.1) is 13.8 Å². The Hall–Kier alpha value is -2.40. The van der Waals surface area contributed by atoms with Gasteiger partial charge in [0.15, 0.2) is 0 Å². The quantitative estimate of drug-likeness (QED) is 0.461. The van der Waals surface area contributed by atoms with E-state index in [-0.39, 0.29) is 17.0 Å². The largest absolute Gasteiger partial charge is 0.506 e. The van der Waals surface area contributed by atoms with Gasteiger partial charge in [-0.05, 0) is 48.2 Å². The fourth-order valence-electron chi connectivity index (χ4n) is 2.01. The van der Waals surface area contributed by atoms with Gasteiger partial charge in [0.25, 0.3) is 0 Å². The Morgan fingerprint density at radius 3 is 1.37 bits per heavy atom. The maximum absolute atomic E-state index is 9.55. The highest BCUT2D eigenvalue weighted by atomic mass is 16.3. The summed E-state index contributed by atoms with van der Waals surface area (Å²) in [5, 5.41) is 19.1. The number of phenols is 2. The molecular weight excluding hydrogens is 244 g/mol. The normalized spacial score (nSPS) is 10.0. The number of rotatable bonds is 1. The molecule has 102 valence electrons. The van der Waals surface area contributed by atoms with Gasteiger partial charge in [-0.1, -0.05) is 12.1 Å². The van der Waals surface area contributed by atoms with E-state index in [2.05, 4.69) is 0 Å². The molecule has 19 heavy (non-hydrogen) atoms. The van der Waals surface area contributed by atoms with Gasteiger partial charge in [-0.3, -0.25) is 0 Å². The first-order valence-corrected chi connectivity index (χ1v) is 5.60. The summed E-state index contributed by atoms with van der Waals surface area (Å²) in [6.45, 7) is 3.68. The van der Waals surface area contributed by atoms with E-state index in [1.807, 2.05) is 13.8 Å². The van der Waals surface area contributed by atoms with Crippen LogP contribution in [0.2, 0.25) is 0 Å². The summed E-state index contributed by atoms with van der Waals surface area (Å²) in [4.78, 5) is 0. The highest BCUT2D eigenvalue weighted by Gasteiger charge is 2.12. The van der Waals surface area contributed by atoms with Gasteiger partial charge in [-0.15, -0.1) is 0 Å². The van der Waals surface area contributed by atoms with Gasteiger partial charge in [0.1, 0.15) is 11.5 Å². The Morgan fingerprint density at radius 1 is 0.737 bits per heavy atom. The second-order valence-corrected chi connectivity index (χ2v) is 4.34. The third-order valence-corrected chi connectivity index (χ3v) is 3.27. The lowest BCUT2D eigenvalue weighted by Crippen LogP contribution is -1.97. The van der Waals surface area contributed by atoms with E-state index in [0.29, 0.717) is 11.4 Å². The van der Waals surface area contributed by atoms with Gasteiger partial charge in [0.05, 0.1) is 11.4 Å². The molecule has 0 aliphatic rings. The van der Waals surface area contributed by atoms with Gasteiger partial charge in [-0.25, -0.2) is 0 Å². The van der Waals surface area contributed by atoms with Gasteiger partial charge < -0.3 is 27.2 Å². The molecule has 0 aliphatic carbocycles. The molecule has 0 atom stereocenters. The second-order valence-electron chi connectivity index (χ2n) is 4.34. The Balaban J connectivity index is 0.00000180. The molecule has 0 saturated heterocycles. The van der Waals surface area contributed by atoms with Crippen LogP contribution in [0.4, 0.5) is 11.4 Å². The average Bonchev–Trinajstić information content (AvgIpc) is 2.35. The van der Waals surface area contributed by atoms with E-state index in [0.717, 1.165) is 22.3 Å². The highest BCUT2D eigenvalue weighted by molar-refractivity contribution is 5.81. The Labute approximate surface area is 111 Å². The maximum atomic E-state index is 9.55. The lowest BCUT2D eigenvalue weighted by Gasteiger charge is -2.14. The van der Waals surface area contributed by atoms with Gasteiger partial charge in [0, 0.05) is 0 Å². The molecular formula is C14H18N2O3. The minimum Gasteiger partial charge on any atom is -0.506 e. The molecule has 0 fully saturated rings. The Morgan fingerprint density at radius 2 is 1.05 bits per heavy atom. The van der Waals surface area contributed by atoms with Gasteiger partial charge in [-0.2, -0.15) is 0 Å². The molecule has 8 N–H and O–H groups in total. The van der Waals surface area contributed by atoms with Crippen molar-refractivity contribution in [2.75, 3.05) is 11.5 Å². The number of hydrogen-bond acceptors (Lipinski definition) is 4. The van der Waals surface area contributed by atoms with Crippen LogP contribution in [-0.2, 0) is 0 Å². The fourth-order valence-corrected chi connectivity index (χ4v) is 2.01. The maximum Gasteiger partial charge on any atom is 0.138 e. The lowest BCUT2D eigenvalue weighted by atomic mass is 9.94. The summed E-state index contributed by atoms with van der Waals surface area (Å²) in [7, 11) is 0. The lowest BCUT2D eigenvalue weighted by molar-refractivity contribution is 0.477. The number of benzene rings is 2. The first kappa shape index (κ1) is 14.7. The Kier molecular flexibility index (Phi) is 3.92. The third kappa shape index (κ3) is 2.28. The monoisotopic (exact) mass is 262 g/mol. The van der Waals surface area contributed by atoms with Crippen molar-refractivity contribution >= 4 is 11.4 Å². The van der Waals surface area contributed by atoms with Crippen LogP contribution in [0.1, 0.15) is 11.1 Å². The molecule has 5 nitrogen and oxygen atoms in total. The van der Waals surface area contributed by atoms with Crippen LogP contribution < -0.4 is 11.5 Å². The summed E-state index contributed by atoms with van der Waals surface area (Å²) >= 11 is 0. The van der Waals surface area contributed by atoms with Crippen LogP contribution >= 0.6 is 0 Å². The molecule has 0 aliphatic heterocycles. The zero-order valence-electron chi connectivity index (χ0n) is 10.9. The number of phenolic OH excluding ortho intramolecular Hbond substituents is 2. The van der Waals surface area contributed by atoms with E-state index in [4.69, 9.17) is 11.5 Å². The molecule has 0 heterocycles. The molecule has 0 unspecified atom stereocenters. The summed E-state index contributed by atoms with van der Waals surface area (Å²) in [6, 6.07) is 6.69. The van der Waals surface area contributed by atoms with Crippen molar-refractivity contribution in [3.8, 4) is 22.6 Å². The van der Waals surface area contributed by atoms with E-state index < -0.39 is 0 Å². The van der Waals surface area contributed by atoms with E-state index >= 15 is 0 Å². The molecule has 0 radical (unpaired) electrons. The van der Waals surface area contributed by atoms with Crippen LogP contribution in [0.15, 0.2) is 24.3 Å². The van der Waals surface area contributed by atoms with Crippen molar-refractivity contribution in [2.24, 2.45) is 0 Å². The van der Waals surface area contributed by atoms with Crippen molar-refractivity contribution in [1.82, 2.24) is 0 Å². The molecule has 0 spiro atoms. The van der Waals surface area contributed by atoms with Crippen LogP contribution in [0.25, 0.3) is 11.1 Å². The SMILES string of the molecule is Cc1c(-c2ccc(O)c(N)c2C)ccc(O)c1N.O. The topological polar surface area (TPSA) is 124 Å². The summed E-state index contributed by atoms with van der Waals surface area (Å²) in [5.41, 5.74) is 15.7. The zero-order chi connectivity index (χ0) is 13.4. The smallest absolute Gasteiger partial charge is 0.138 e. The number of anilines is 2. The van der Waals surface area contributed by atoms with Crippen molar-refractivity contribution in [3.63, 3.8) is 0 Å². The first-order chi connectivity index (χ1) is 8.43. The van der Waals surface area contributed by atoms with Gasteiger partial charge in [0.2, 0.25) is 0 Å². The minimum atomic E-state index is 0. The van der Waals surface area contributed by atoms with Crippen LogP contribution in [-0.4, -0.2) is 15.7 Å². The predicted molar refractivity (Wildman–Crippen MR) is 77.1 cm³/mol. The number of nitrogens with two attached hydrogens (primary N) is 2. The van der Waals surface area contributed by atoms with E-state index in [9.17, 15) is 10.2 Å². The van der Waals surface area contributed by atoms with Gasteiger partial charge >= 0.3 is 0 Å². The number of nitrogen functional groups attached to an aromatic ring is 2. The summed E-state index contributed by atoms with van der Waals surface area (Å²) in [6.07, 6.45) is 0. The molecule has 5 heteroatoms. The van der Waals surface area contributed by atoms with Crippen molar-refractivity contribution in [3.05, 3.63) is 35.4 Å². The summed E-state index contributed by atoms with van der Waals surface area (Å²) < 4.78 is 0. The zero-order valence-corrected chi connectivity index (χ0v) is 10.9. The fraction of sp³-hybridized carbons (Fsp3) is 0.143. The van der Waals surface area contributed by atoms with Crippen LogP contribution in [0.3, 0.4) is 0 Å². The predicted octanol–water partition coefficient (Wildman–Crippen LogP) is 1.72. The second kappa shape index (κ2) is 5.07. The molecule has 2 aromatic rings. The third-order valence-electron chi connectivity index (χ3n) is 3.27. The van der Waals surface area contributed by atoms with E-state index in [1.54, 1.807) is 24.3 Å². The molecule has 2 aromatic carbocycles. The van der Waals surface area contributed by atoms with Crippen molar-refractivity contribution in [1.29, 1.82) is 0 Å². The Bertz CT molecular complexity index is 569. The molecule has 0 bridgehead atoms. The van der Waals surface area contributed by atoms with E-state index in [1.165, 1.54) is 0 Å². The molecule has 0 aromatic heterocycles. The molecule has 0 amide bonds. The molecule has 2 rings (SSSR count). The number of hydrogen-bond donors (Lipinski definition) is 4. The minimum absolute atomic E-state index is 0.